The molecule has 3 rings (SSSR count). The van der Waals surface area contributed by atoms with Gasteiger partial charge >= 0.3 is 5.97 Å². The van der Waals surface area contributed by atoms with Crippen molar-refractivity contribution in [3.8, 4) is 11.4 Å². The standard InChI is InChI=1S/C23H22ClN3O5/c1-2-31-23(30)22-19(14-21(29)27(26-22)18-11-7-6-10-17(18)24)32-15-20(28)25-13-12-16-8-4-3-5-9-16/h3-11,14H,2,12-13,15H2,1H3,(H,25,28). The second kappa shape index (κ2) is 11.1. The molecule has 0 aliphatic carbocycles. The molecule has 0 unspecified atom stereocenters. The predicted molar refractivity (Wildman–Crippen MR) is 119 cm³/mol. The van der Waals surface area contributed by atoms with Gasteiger partial charge in [-0.2, -0.15) is 9.78 Å². The van der Waals surface area contributed by atoms with Crippen molar-refractivity contribution in [3.05, 3.63) is 87.3 Å². The average Bonchev–Trinajstić information content (AvgIpc) is 2.79. The molecule has 0 saturated carbocycles. The molecule has 1 amide bonds. The number of nitrogens with zero attached hydrogens (tertiary/aromatic N) is 2. The van der Waals surface area contributed by atoms with Crippen molar-refractivity contribution in [3.63, 3.8) is 0 Å². The quantitative estimate of drug-likeness (QED) is 0.498. The molecule has 8 nitrogen and oxygen atoms in total. The van der Waals surface area contributed by atoms with Gasteiger partial charge in [-0.05, 0) is 31.0 Å². The summed E-state index contributed by atoms with van der Waals surface area (Å²) in [5, 5.41) is 7.10. The molecule has 32 heavy (non-hydrogen) atoms. The Balaban J connectivity index is 1.74. The lowest BCUT2D eigenvalue weighted by Crippen LogP contribution is -2.32. The third-order valence-electron chi connectivity index (χ3n) is 4.38. The van der Waals surface area contributed by atoms with Gasteiger partial charge in [-0.1, -0.05) is 54.1 Å². The molecule has 0 atom stereocenters. The van der Waals surface area contributed by atoms with Crippen molar-refractivity contribution in [2.75, 3.05) is 19.8 Å². The Labute approximate surface area is 189 Å². The molecule has 0 fully saturated rings. The van der Waals surface area contributed by atoms with Gasteiger partial charge in [-0.3, -0.25) is 9.59 Å². The maximum absolute atomic E-state index is 12.6. The van der Waals surface area contributed by atoms with E-state index in [9.17, 15) is 14.4 Å². The topological polar surface area (TPSA) is 99.5 Å². The first-order valence-electron chi connectivity index (χ1n) is 9.99. The van der Waals surface area contributed by atoms with Crippen LogP contribution in [0.1, 0.15) is 23.0 Å². The maximum atomic E-state index is 12.6. The minimum atomic E-state index is -0.784. The van der Waals surface area contributed by atoms with Crippen LogP contribution in [0, 0.1) is 0 Å². The highest BCUT2D eigenvalue weighted by atomic mass is 35.5. The van der Waals surface area contributed by atoms with Gasteiger partial charge in [0.05, 0.1) is 23.4 Å². The van der Waals surface area contributed by atoms with E-state index in [2.05, 4.69) is 10.4 Å². The normalized spacial score (nSPS) is 10.4. The first-order valence-corrected chi connectivity index (χ1v) is 10.4. The smallest absolute Gasteiger partial charge is 0.362 e. The lowest BCUT2D eigenvalue weighted by atomic mass is 10.1. The van der Waals surface area contributed by atoms with E-state index in [-0.39, 0.29) is 23.1 Å². The van der Waals surface area contributed by atoms with Gasteiger partial charge in [0, 0.05) is 6.54 Å². The number of esters is 1. The number of para-hydroxylation sites is 1. The minimum Gasteiger partial charge on any atom is -0.481 e. The van der Waals surface area contributed by atoms with Crippen molar-refractivity contribution in [2.24, 2.45) is 0 Å². The van der Waals surface area contributed by atoms with E-state index in [1.807, 2.05) is 30.3 Å². The van der Waals surface area contributed by atoms with Gasteiger partial charge in [0.2, 0.25) is 5.69 Å². The second-order valence-electron chi connectivity index (χ2n) is 6.65. The highest BCUT2D eigenvalue weighted by Gasteiger charge is 2.21. The molecule has 1 heterocycles. The van der Waals surface area contributed by atoms with Gasteiger partial charge in [0.15, 0.2) is 12.4 Å². The number of halogens is 1. The summed E-state index contributed by atoms with van der Waals surface area (Å²) in [6.07, 6.45) is 0.663. The van der Waals surface area contributed by atoms with E-state index < -0.39 is 24.0 Å². The van der Waals surface area contributed by atoms with Crippen LogP contribution in [0.4, 0.5) is 0 Å². The summed E-state index contributed by atoms with van der Waals surface area (Å²) < 4.78 is 11.5. The Morgan fingerprint density at radius 3 is 2.53 bits per heavy atom. The number of amides is 1. The molecule has 0 spiro atoms. The zero-order valence-corrected chi connectivity index (χ0v) is 18.2. The molecule has 3 aromatic rings. The van der Waals surface area contributed by atoms with Gasteiger partial charge in [-0.25, -0.2) is 4.79 Å². The van der Waals surface area contributed by atoms with Crippen molar-refractivity contribution in [1.82, 2.24) is 15.1 Å². The highest BCUT2D eigenvalue weighted by Crippen LogP contribution is 2.20. The van der Waals surface area contributed by atoms with Crippen LogP contribution in [0.3, 0.4) is 0 Å². The summed E-state index contributed by atoms with van der Waals surface area (Å²) in [4.78, 5) is 37.2. The number of carbonyl (C=O) groups is 2. The molecular formula is C23H22ClN3O5. The lowest BCUT2D eigenvalue weighted by molar-refractivity contribution is -0.123. The van der Waals surface area contributed by atoms with E-state index in [0.717, 1.165) is 16.3 Å². The fraction of sp³-hybridized carbons (Fsp3) is 0.217. The van der Waals surface area contributed by atoms with Crippen LogP contribution in [0.5, 0.6) is 5.75 Å². The van der Waals surface area contributed by atoms with E-state index in [1.54, 1.807) is 31.2 Å². The van der Waals surface area contributed by atoms with Gasteiger partial charge in [-0.15, -0.1) is 0 Å². The van der Waals surface area contributed by atoms with Crippen molar-refractivity contribution in [1.29, 1.82) is 0 Å². The van der Waals surface area contributed by atoms with E-state index in [0.29, 0.717) is 18.7 Å². The van der Waals surface area contributed by atoms with E-state index in [4.69, 9.17) is 21.1 Å². The number of rotatable bonds is 9. The van der Waals surface area contributed by atoms with E-state index in [1.165, 1.54) is 0 Å². The van der Waals surface area contributed by atoms with Crippen LogP contribution in [0.25, 0.3) is 5.69 Å². The predicted octanol–water partition coefficient (Wildman–Crippen LogP) is 2.80. The number of carbonyl (C=O) groups excluding carboxylic acids is 2. The van der Waals surface area contributed by atoms with Crippen LogP contribution in [0.15, 0.2) is 65.5 Å². The van der Waals surface area contributed by atoms with E-state index >= 15 is 0 Å². The number of aromatic nitrogens is 2. The Kier molecular flexibility index (Phi) is 7.99. The van der Waals surface area contributed by atoms with Gasteiger partial charge in [0.25, 0.3) is 11.5 Å². The molecule has 2 aromatic carbocycles. The van der Waals surface area contributed by atoms with Gasteiger partial charge in [0.1, 0.15) is 0 Å². The SMILES string of the molecule is CCOC(=O)c1nn(-c2ccccc2Cl)c(=O)cc1OCC(=O)NCCc1ccccc1. The Bertz CT molecular complexity index is 1150. The molecule has 0 bridgehead atoms. The molecule has 1 N–H and O–H groups in total. The van der Waals surface area contributed by atoms with Crippen LogP contribution >= 0.6 is 11.6 Å². The molecule has 0 aliphatic rings. The van der Waals surface area contributed by atoms with Crippen LogP contribution < -0.4 is 15.6 Å². The molecular weight excluding hydrogens is 434 g/mol. The van der Waals surface area contributed by atoms with Crippen molar-refractivity contribution < 1.29 is 19.1 Å². The minimum absolute atomic E-state index is 0.102. The zero-order valence-electron chi connectivity index (χ0n) is 17.4. The fourth-order valence-corrected chi connectivity index (χ4v) is 3.09. The van der Waals surface area contributed by atoms with Crippen molar-refractivity contribution in [2.45, 2.75) is 13.3 Å². The van der Waals surface area contributed by atoms with Crippen LogP contribution in [-0.4, -0.2) is 41.4 Å². The number of benzene rings is 2. The first kappa shape index (κ1) is 23.0. The molecule has 1 aromatic heterocycles. The van der Waals surface area contributed by atoms with Crippen LogP contribution in [0.2, 0.25) is 5.02 Å². The number of hydrogen-bond acceptors (Lipinski definition) is 6. The molecule has 0 saturated heterocycles. The summed E-state index contributed by atoms with van der Waals surface area (Å²) in [6.45, 7) is 1.77. The maximum Gasteiger partial charge on any atom is 0.362 e. The van der Waals surface area contributed by atoms with Gasteiger partial charge < -0.3 is 14.8 Å². The largest absolute Gasteiger partial charge is 0.481 e. The van der Waals surface area contributed by atoms with Crippen LogP contribution in [-0.2, 0) is 16.0 Å². The first-order chi connectivity index (χ1) is 15.5. The summed E-state index contributed by atoms with van der Waals surface area (Å²) in [7, 11) is 0. The molecule has 9 heteroatoms. The Morgan fingerprint density at radius 2 is 1.81 bits per heavy atom. The monoisotopic (exact) mass is 455 g/mol. The summed E-state index contributed by atoms with van der Waals surface area (Å²) in [5.41, 5.74) is 0.578. The highest BCUT2D eigenvalue weighted by molar-refractivity contribution is 6.32. The third-order valence-corrected chi connectivity index (χ3v) is 4.70. The van der Waals surface area contributed by atoms with Crippen molar-refractivity contribution >= 4 is 23.5 Å². The lowest BCUT2D eigenvalue weighted by Gasteiger charge is -2.13. The number of hydrogen-bond donors (Lipinski definition) is 1. The average molecular weight is 456 g/mol. The third kappa shape index (κ3) is 5.95. The second-order valence-corrected chi connectivity index (χ2v) is 7.06. The number of ether oxygens (including phenoxy) is 2. The number of nitrogens with one attached hydrogen (secondary N) is 1. The Morgan fingerprint density at radius 1 is 1.09 bits per heavy atom. The fourth-order valence-electron chi connectivity index (χ4n) is 2.87. The Hall–Kier alpha value is -3.65. The molecule has 0 radical (unpaired) electrons. The zero-order chi connectivity index (χ0) is 22.9. The summed E-state index contributed by atoms with van der Waals surface area (Å²) in [6, 6.07) is 17.4. The molecule has 0 aliphatic heterocycles. The molecule has 166 valence electrons. The summed E-state index contributed by atoms with van der Waals surface area (Å²) >= 11 is 6.16. The summed E-state index contributed by atoms with van der Waals surface area (Å²) in [5.74, 6) is -1.33.